The smallest absolute Gasteiger partial charge is 0.355 e. The van der Waals surface area contributed by atoms with Gasteiger partial charge in [-0.3, -0.25) is 0 Å². The van der Waals surface area contributed by atoms with E-state index >= 15 is 0 Å². The third-order valence-corrected chi connectivity index (χ3v) is 4.85. The third-order valence-electron chi connectivity index (χ3n) is 3.99. The number of rotatable bonds is 6. The maximum absolute atomic E-state index is 12.6. The number of aromatic nitrogens is 3. The molecule has 0 aromatic carbocycles. The lowest BCUT2D eigenvalue weighted by atomic mass is 10.1. The summed E-state index contributed by atoms with van der Waals surface area (Å²) in [7, 11) is 0. The van der Waals surface area contributed by atoms with Crippen molar-refractivity contribution in [3.8, 4) is 10.8 Å². The Hall–Kier alpha value is -2.94. The zero-order chi connectivity index (χ0) is 20.4. The number of ether oxygens (including phenoxy) is 2. The maximum Gasteiger partial charge on any atom is 0.355 e. The predicted octanol–water partition coefficient (Wildman–Crippen LogP) is 4.23. The Morgan fingerprint density at radius 3 is 2.54 bits per heavy atom. The highest BCUT2D eigenvalue weighted by molar-refractivity contribution is 7.13. The first-order valence-electron chi connectivity index (χ1n) is 8.76. The van der Waals surface area contributed by atoms with E-state index in [0.717, 1.165) is 4.88 Å². The van der Waals surface area contributed by atoms with Crippen molar-refractivity contribution in [1.82, 2.24) is 15.2 Å². The minimum absolute atomic E-state index is 0.192. The minimum atomic E-state index is -0.747. The summed E-state index contributed by atoms with van der Waals surface area (Å²) in [5.41, 5.74) is 1.55. The van der Waals surface area contributed by atoms with Crippen molar-refractivity contribution in [2.45, 2.75) is 46.8 Å². The number of thiophene rings is 1. The zero-order valence-electron chi connectivity index (χ0n) is 16.2. The fourth-order valence-electron chi connectivity index (χ4n) is 2.70. The van der Waals surface area contributed by atoms with E-state index in [4.69, 9.17) is 13.9 Å². The van der Waals surface area contributed by atoms with Gasteiger partial charge in [-0.1, -0.05) is 6.07 Å². The predicted molar refractivity (Wildman–Crippen MR) is 102 cm³/mol. The molecule has 148 valence electrons. The standard InChI is InChI=1S/C19H21N3O5S/c1-9(2)25-18(23)14-10(3)15(20-11(14)4)19(24)26-12(5)16-21-22-17(27-16)13-7-6-8-28-13/h6-9,12,20H,1-5H3/t12-/m1/s1. The average Bonchev–Trinajstić information content (AvgIpc) is 3.33. The van der Waals surface area contributed by atoms with Crippen LogP contribution in [-0.2, 0) is 9.47 Å². The molecule has 0 aliphatic rings. The molecule has 0 aliphatic carbocycles. The first kappa shape index (κ1) is 19.8. The lowest BCUT2D eigenvalue weighted by molar-refractivity contribution is 0.0272. The summed E-state index contributed by atoms with van der Waals surface area (Å²) < 4.78 is 16.3. The van der Waals surface area contributed by atoms with Gasteiger partial charge in [0.25, 0.3) is 11.8 Å². The third kappa shape index (κ3) is 3.99. The van der Waals surface area contributed by atoms with E-state index in [2.05, 4.69) is 15.2 Å². The van der Waals surface area contributed by atoms with Crippen LogP contribution in [0.15, 0.2) is 21.9 Å². The number of H-pyrrole nitrogens is 1. The van der Waals surface area contributed by atoms with Gasteiger partial charge in [-0.05, 0) is 51.6 Å². The highest BCUT2D eigenvalue weighted by Gasteiger charge is 2.27. The molecule has 3 heterocycles. The highest BCUT2D eigenvalue weighted by atomic mass is 32.1. The molecule has 0 unspecified atom stereocenters. The van der Waals surface area contributed by atoms with Crippen LogP contribution in [0.2, 0.25) is 0 Å². The van der Waals surface area contributed by atoms with Gasteiger partial charge in [0.1, 0.15) is 5.69 Å². The van der Waals surface area contributed by atoms with Gasteiger partial charge in [0, 0.05) is 5.69 Å². The minimum Gasteiger partial charge on any atom is -0.459 e. The van der Waals surface area contributed by atoms with E-state index in [9.17, 15) is 9.59 Å². The van der Waals surface area contributed by atoms with Crippen LogP contribution in [0.4, 0.5) is 0 Å². The van der Waals surface area contributed by atoms with E-state index in [1.807, 2.05) is 17.5 Å². The molecule has 0 amide bonds. The van der Waals surface area contributed by atoms with Crippen molar-refractivity contribution in [1.29, 1.82) is 0 Å². The number of nitrogens with zero attached hydrogens (tertiary/aromatic N) is 2. The number of aromatic amines is 1. The van der Waals surface area contributed by atoms with E-state index < -0.39 is 18.0 Å². The highest BCUT2D eigenvalue weighted by Crippen LogP contribution is 2.27. The van der Waals surface area contributed by atoms with Gasteiger partial charge < -0.3 is 18.9 Å². The molecule has 0 saturated heterocycles. The molecule has 9 heteroatoms. The molecule has 3 aromatic rings. The van der Waals surface area contributed by atoms with Gasteiger partial charge >= 0.3 is 11.9 Å². The molecule has 0 spiro atoms. The first-order chi connectivity index (χ1) is 13.3. The van der Waals surface area contributed by atoms with Crippen molar-refractivity contribution in [3.63, 3.8) is 0 Å². The Bertz CT molecular complexity index is 988. The van der Waals surface area contributed by atoms with Crippen molar-refractivity contribution in [2.24, 2.45) is 0 Å². The molecule has 28 heavy (non-hydrogen) atoms. The zero-order valence-corrected chi connectivity index (χ0v) is 17.0. The summed E-state index contributed by atoms with van der Waals surface area (Å²) in [4.78, 5) is 28.6. The Labute approximate surface area is 165 Å². The largest absolute Gasteiger partial charge is 0.459 e. The van der Waals surface area contributed by atoms with E-state index in [1.165, 1.54) is 11.3 Å². The molecule has 0 saturated carbocycles. The fraction of sp³-hybridized carbons (Fsp3) is 0.368. The van der Waals surface area contributed by atoms with E-state index in [-0.39, 0.29) is 17.7 Å². The molecule has 3 rings (SSSR count). The Morgan fingerprint density at radius 1 is 1.14 bits per heavy atom. The second kappa shape index (κ2) is 7.97. The summed E-state index contributed by atoms with van der Waals surface area (Å²) in [5, 5.41) is 9.84. The summed E-state index contributed by atoms with van der Waals surface area (Å²) >= 11 is 1.47. The van der Waals surface area contributed by atoms with Crippen molar-refractivity contribution < 1.29 is 23.5 Å². The van der Waals surface area contributed by atoms with Crippen LogP contribution in [0.25, 0.3) is 10.8 Å². The van der Waals surface area contributed by atoms with Crippen molar-refractivity contribution >= 4 is 23.3 Å². The summed E-state index contributed by atoms with van der Waals surface area (Å²) in [6.45, 7) is 8.54. The number of carbonyl (C=O) groups is 2. The van der Waals surface area contributed by atoms with Crippen LogP contribution in [0.3, 0.4) is 0 Å². The van der Waals surface area contributed by atoms with Gasteiger partial charge in [0.15, 0.2) is 6.10 Å². The molecule has 3 aromatic heterocycles. The number of esters is 2. The Morgan fingerprint density at radius 2 is 1.89 bits per heavy atom. The number of hydrogen-bond acceptors (Lipinski definition) is 8. The first-order valence-corrected chi connectivity index (χ1v) is 9.64. The number of aryl methyl sites for hydroxylation is 1. The molecule has 8 nitrogen and oxygen atoms in total. The molecule has 0 radical (unpaired) electrons. The molecule has 0 aliphatic heterocycles. The van der Waals surface area contributed by atoms with Crippen LogP contribution in [-0.4, -0.2) is 33.2 Å². The Balaban J connectivity index is 1.75. The summed E-state index contributed by atoms with van der Waals surface area (Å²) in [5.74, 6) is -0.533. The monoisotopic (exact) mass is 403 g/mol. The van der Waals surface area contributed by atoms with Crippen LogP contribution in [0.5, 0.6) is 0 Å². The van der Waals surface area contributed by atoms with E-state index in [0.29, 0.717) is 22.7 Å². The van der Waals surface area contributed by atoms with Crippen LogP contribution >= 0.6 is 11.3 Å². The van der Waals surface area contributed by atoms with E-state index in [1.54, 1.807) is 34.6 Å². The number of hydrogen-bond donors (Lipinski definition) is 1. The number of nitrogens with one attached hydrogen (secondary N) is 1. The van der Waals surface area contributed by atoms with Crippen LogP contribution in [0, 0.1) is 13.8 Å². The fourth-order valence-corrected chi connectivity index (χ4v) is 3.35. The lowest BCUT2D eigenvalue weighted by Gasteiger charge is -2.10. The summed E-state index contributed by atoms with van der Waals surface area (Å²) in [6.07, 6.45) is -1.01. The van der Waals surface area contributed by atoms with Crippen molar-refractivity contribution in [2.75, 3.05) is 0 Å². The topological polar surface area (TPSA) is 107 Å². The quantitative estimate of drug-likeness (QED) is 0.614. The maximum atomic E-state index is 12.6. The molecule has 1 atom stereocenters. The lowest BCUT2D eigenvalue weighted by Crippen LogP contribution is -2.14. The molecule has 1 N–H and O–H groups in total. The molecular weight excluding hydrogens is 382 g/mol. The average molecular weight is 403 g/mol. The summed E-state index contributed by atoms with van der Waals surface area (Å²) in [6, 6.07) is 3.74. The van der Waals surface area contributed by atoms with Gasteiger partial charge in [-0.25, -0.2) is 9.59 Å². The van der Waals surface area contributed by atoms with Gasteiger partial charge in [-0.2, -0.15) is 0 Å². The van der Waals surface area contributed by atoms with Gasteiger partial charge in [0.05, 0.1) is 16.5 Å². The Kier molecular flexibility index (Phi) is 5.64. The van der Waals surface area contributed by atoms with Gasteiger partial charge in [-0.15, -0.1) is 21.5 Å². The van der Waals surface area contributed by atoms with Crippen molar-refractivity contribution in [3.05, 3.63) is 45.9 Å². The number of carbonyl (C=O) groups excluding carboxylic acids is 2. The second-order valence-corrected chi connectivity index (χ2v) is 7.50. The normalized spacial score (nSPS) is 12.2. The molecular formula is C19H21N3O5S. The SMILES string of the molecule is Cc1[nH]c(C(=O)O[C@H](C)c2nnc(-c3cccs3)o2)c(C)c1C(=O)OC(C)C. The van der Waals surface area contributed by atoms with Crippen LogP contribution < -0.4 is 0 Å². The van der Waals surface area contributed by atoms with Gasteiger partial charge in [0.2, 0.25) is 0 Å². The van der Waals surface area contributed by atoms with Crippen LogP contribution in [0.1, 0.15) is 64.9 Å². The molecule has 0 fully saturated rings. The second-order valence-electron chi connectivity index (χ2n) is 6.55. The molecule has 0 bridgehead atoms.